The predicted molar refractivity (Wildman–Crippen MR) is 82.4 cm³/mol. The minimum absolute atomic E-state index is 0.237. The summed E-state index contributed by atoms with van der Waals surface area (Å²) in [5.41, 5.74) is 0.956. The number of para-hydroxylation sites is 1. The van der Waals surface area contributed by atoms with Crippen molar-refractivity contribution in [2.75, 3.05) is 0 Å². The highest BCUT2D eigenvalue weighted by Gasteiger charge is 2.15. The van der Waals surface area contributed by atoms with Crippen LogP contribution in [0.5, 0.6) is 0 Å². The molecule has 114 valence electrons. The fourth-order valence-corrected chi connectivity index (χ4v) is 2.26. The Balaban J connectivity index is 1.66. The minimum atomic E-state index is 0.237. The summed E-state index contributed by atoms with van der Waals surface area (Å²) in [5.74, 6) is 0.783. The molecule has 22 heavy (non-hydrogen) atoms. The van der Waals surface area contributed by atoms with Crippen LogP contribution in [0.4, 0.5) is 0 Å². The quantitative estimate of drug-likeness (QED) is 0.748. The molecule has 3 aromatic rings. The maximum absolute atomic E-state index is 4.28. The third kappa shape index (κ3) is 3.04. The van der Waals surface area contributed by atoms with Crippen LogP contribution in [-0.4, -0.2) is 36.0 Å². The molecule has 0 fully saturated rings. The molecule has 0 aliphatic rings. The Kier molecular flexibility index (Phi) is 4.24. The third-order valence-electron chi connectivity index (χ3n) is 3.78. The Morgan fingerprint density at radius 3 is 2.68 bits per heavy atom. The van der Waals surface area contributed by atoms with E-state index in [1.807, 2.05) is 47.3 Å². The van der Waals surface area contributed by atoms with E-state index in [0.29, 0.717) is 6.54 Å². The Labute approximate surface area is 129 Å². The molecular weight excluding hydrogens is 278 g/mol. The molecule has 0 saturated heterocycles. The lowest BCUT2D eigenvalue weighted by molar-refractivity contribution is 0.361. The Morgan fingerprint density at radius 1 is 1.14 bits per heavy atom. The van der Waals surface area contributed by atoms with Crippen LogP contribution >= 0.6 is 0 Å². The summed E-state index contributed by atoms with van der Waals surface area (Å²) >= 11 is 0. The molecule has 0 aliphatic carbocycles. The first-order valence-electron chi connectivity index (χ1n) is 7.31. The van der Waals surface area contributed by atoms with Gasteiger partial charge in [-0.25, -0.2) is 0 Å². The zero-order valence-corrected chi connectivity index (χ0v) is 12.7. The normalized spacial score (nSPS) is 13.9. The number of nitrogens with one attached hydrogen (secondary N) is 1. The lowest BCUT2D eigenvalue weighted by Crippen LogP contribution is -2.34. The fraction of sp³-hybridized carbons (Fsp3) is 0.333. The van der Waals surface area contributed by atoms with Gasteiger partial charge in [0.05, 0.1) is 18.3 Å². The first-order valence-corrected chi connectivity index (χ1v) is 7.31. The number of hydrogen-bond acceptors (Lipinski definition) is 5. The SMILES string of the molecule is C[C@@H](NCc1nnnn1-c1ccccc1)[C@H](C)n1cccn1. The van der Waals surface area contributed by atoms with Crippen LogP contribution in [0.15, 0.2) is 48.8 Å². The second-order valence-electron chi connectivity index (χ2n) is 5.24. The molecule has 2 aromatic heterocycles. The van der Waals surface area contributed by atoms with Crippen molar-refractivity contribution in [1.82, 2.24) is 35.3 Å². The first kappa shape index (κ1) is 14.4. The van der Waals surface area contributed by atoms with Crippen molar-refractivity contribution >= 4 is 0 Å². The molecule has 7 heteroatoms. The monoisotopic (exact) mass is 297 g/mol. The van der Waals surface area contributed by atoms with Gasteiger partial charge in [-0.3, -0.25) is 4.68 Å². The van der Waals surface area contributed by atoms with Gasteiger partial charge in [0.1, 0.15) is 0 Å². The summed E-state index contributed by atoms with van der Waals surface area (Å²) in [6, 6.07) is 12.3. The topological polar surface area (TPSA) is 73.5 Å². The molecule has 0 aliphatic heterocycles. The maximum Gasteiger partial charge on any atom is 0.170 e. The zero-order valence-electron chi connectivity index (χ0n) is 12.7. The molecule has 0 amide bonds. The van der Waals surface area contributed by atoms with Crippen LogP contribution in [0, 0.1) is 0 Å². The number of benzene rings is 1. The van der Waals surface area contributed by atoms with Crippen molar-refractivity contribution in [2.45, 2.75) is 32.5 Å². The maximum atomic E-state index is 4.28. The average Bonchev–Trinajstić information content (AvgIpc) is 3.24. The van der Waals surface area contributed by atoms with Gasteiger partial charge in [0, 0.05) is 18.4 Å². The average molecular weight is 297 g/mol. The number of aromatic nitrogens is 6. The lowest BCUT2D eigenvalue weighted by atomic mass is 10.2. The summed E-state index contributed by atoms with van der Waals surface area (Å²) in [6.07, 6.45) is 3.76. The number of hydrogen-bond donors (Lipinski definition) is 1. The predicted octanol–water partition coefficient (Wildman–Crippen LogP) is 1.60. The summed E-state index contributed by atoms with van der Waals surface area (Å²) in [4.78, 5) is 0. The highest BCUT2D eigenvalue weighted by atomic mass is 15.5. The van der Waals surface area contributed by atoms with Gasteiger partial charge < -0.3 is 5.32 Å². The molecule has 0 bridgehead atoms. The Hall–Kier alpha value is -2.54. The van der Waals surface area contributed by atoms with E-state index in [9.17, 15) is 0 Å². The molecule has 0 spiro atoms. The van der Waals surface area contributed by atoms with E-state index >= 15 is 0 Å². The van der Waals surface area contributed by atoms with Crippen LogP contribution in [-0.2, 0) is 6.54 Å². The largest absolute Gasteiger partial charge is 0.305 e. The van der Waals surface area contributed by atoms with Gasteiger partial charge in [-0.05, 0) is 42.5 Å². The van der Waals surface area contributed by atoms with Crippen LogP contribution in [0.1, 0.15) is 25.7 Å². The number of nitrogens with zero attached hydrogens (tertiary/aromatic N) is 6. The van der Waals surface area contributed by atoms with E-state index in [4.69, 9.17) is 0 Å². The van der Waals surface area contributed by atoms with Gasteiger partial charge >= 0.3 is 0 Å². The highest BCUT2D eigenvalue weighted by molar-refractivity contribution is 5.30. The van der Waals surface area contributed by atoms with E-state index in [1.165, 1.54) is 0 Å². The molecule has 0 radical (unpaired) electrons. The molecule has 2 atom stereocenters. The van der Waals surface area contributed by atoms with Gasteiger partial charge in [0.15, 0.2) is 5.82 Å². The van der Waals surface area contributed by atoms with Gasteiger partial charge in [-0.1, -0.05) is 18.2 Å². The fourth-order valence-electron chi connectivity index (χ4n) is 2.26. The van der Waals surface area contributed by atoms with Gasteiger partial charge in [0.2, 0.25) is 0 Å². The van der Waals surface area contributed by atoms with Crippen molar-refractivity contribution < 1.29 is 0 Å². The van der Waals surface area contributed by atoms with E-state index < -0.39 is 0 Å². The standard InChI is InChI=1S/C15H19N7/c1-12(13(2)21-10-6-9-17-21)16-11-15-18-19-20-22(15)14-7-4-3-5-8-14/h3-10,12-13,16H,11H2,1-2H3/t12-,13+/m1/s1. The van der Waals surface area contributed by atoms with Gasteiger partial charge in [-0.2, -0.15) is 9.78 Å². The van der Waals surface area contributed by atoms with E-state index in [2.05, 4.69) is 39.8 Å². The highest BCUT2D eigenvalue weighted by Crippen LogP contribution is 2.11. The minimum Gasteiger partial charge on any atom is -0.305 e. The molecule has 0 saturated carbocycles. The first-order chi connectivity index (χ1) is 10.8. The number of rotatable bonds is 6. The van der Waals surface area contributed by atoms with Crippen molar-refractivity contribution in [1.29, 1.82) is 0 Å². The second-order valence-corrected chi connectivity index (χ2v) is 5.24. The third-order valence-corrected chi connectivity index (χ3v) is 3.78. The van der Waals surface area contributed by atoms with Crippen LogP contribution in [0.25, 0.3) is 5.69 Å². The summed E-state index contributed by atoms with van der Waals surface area (Å²) in [6.45, 7) is 4.85. The van der Waals surface area contributed by atoms with E-state index in [1.54, 1.807) is 10.9 Å². The Bertz CT molecular complexity index is 690. The van der Waals surface area contributed by atoms with Gasteiger partial charge in [-0.15, -0.1) is 5.10 Å². The van der Waals surface area contributed by atoms with Gasteiger partial charge in [0.25, 0.3) is 0 Å². The van der Waals surface area contributed by atoms with Crippen molar-refractivity contribution in [3.8, 4) is 5.69 Å². The second kappa shape index (κ2) is 6.48. The molecule has 0 unspecified atom stereocenters. The molecule has 1 aromatic carbocycles. The molecule has 2 heterocycles. The van der Waals surface area contributed by atoms with Crippen molar-refractivity contribution in [3.05, 3.63) is 54.6 Å². The molecule has 1 N–H and O–H groups in total. The number of tetrazole rings is 1. The smallest absolute Gasteiger partial charge is 0.170 e. The summed E-state index contributed by atoms with van der Waals surface area (Å²) < 4.78 is 3.69. The van der Waals surface area contributed by atoms with Crippen LogP contribution in [0.3, 0.4) is 0 Å². The lowest BCUT2D eigenvalue weighted by Gasteiger charge is -2.21. The molecular formula is C15H19N7. The Morgan fingerprint density at radius 2 is 1.95 bits per heavy atom. The van der Waals surface area contributed by atoms with Crippen LogP contribution < -0.4 is 5.32 Å². The summed E-state index contributed by atoms with van der Waals surface area (Å²) in [7, 11) is 0. The zero-order chi connectivity index (χ0) is 15.4. The molecule has 7 nitrogen and oxygen atoms in total. The van der Waals surface area contributed by atoms with Crippen molar-refractivity contribution in [3.63, 3.8) is 0 Å². The summed E-state index contributed by atoms with van der Waals surface area (Å²) in [5, 5.41) is 19.7. The van der Waals surface area contributed by atoms with Crippen LogP contribution in [0.2, 0.25) is 0 Å². The van der Waals surface area contributed by atoms with Crippen molar-refractivity contribution in [2.24, 2.45) is 0 Å². The van der Waals surface area contributed by atoms with E-state index in [0.717, 1.165) is 11.5 Å². The van der Waals surface area contributed by atoms with E-state index in [-0.39, 0.29) is 12.1 Å². The molecule has 3 rings (SSSR count).